The Hall–Kier alpha value is -1.06. The molecule has 3 heteroatoms. The molecule has 1 aromatic rings. The first-order valence-electron chi connectivity index (χ1n) is 8.53. The quantitative estimate of drug-likeness (QED) is 0.902. The fourth-order valence-corrected chi connectivity index (χ4v) is 3.70. The molecule has 3 nitrogen and oxygen atoms in total. The molecule has 1 aromatic carbocycles. The number of aliphatic hydroxyl groups is 1. The Balaban J connectivity index is 1.91. The first kappa shape index (κ1) is 17.3. The average molecular weight is 305 g/mol. The van der Waals surface area contributed by atoms with Crippen LogP contribution in [0.2, 0.25) is 0 Å². The molecule has 1 aliphatic rings. The van der Waals surface area contributed by atoms with Gasteiger partial charge in [-0.3, -0.25) is 4.90 Å². The van der Waals surface area contributed by atoms with Crippen LogP contribution in [0.1, 0.15) is 49.8 Å². The normalized spacial score (nSPS) is 24.3. The summed E-state index contributed by atoms with van der Waals surface area (Å²) in [6, 6.07) is 5.37. The molecular weight excluding hydrogens is 274 g/mol. The maximum atomic E-state index is 10.4. The number of ether oxygens (including phenoxy) is 1. The molecule has 0 amide bonds. The van der Waals surface area contributed by atoms with Crippen LogP contribution in [0.4, 0.5) is 0 Å². The van der Waals surface area contributed by atoms with Gasteiger partial charge in [-0.15, -0.1) is 0 Å². The smallest absolute Gasteiger partial charge is 0.125 e. The number of aryl methyl sites for hydroxylation is 3. The van der Waals surface area contributed by atoms with E-state index >= 15 is 0 Å². The van der Waals surface area contributed by atoms with Crippen molar-refractivity contribution < 1.29 is 9.84 Å². The molecule has 0 aliphatic carbocycles. The van der Waals surface area contributed by atoms with Crippen molar-refractivity contribution in [2.24, 2.45) is 0 Å². The van der Waals surface area contributed by atoms with Crippen LogP contribution in [-0.2, 0) is 0 Å². The standard InChI is InChI=1S/C19H31NO2/c1-13-9-14(2)19(15(3)10-13)22-12-18(21)11-20-16(4)7-6-8-17(20)5/h9-10,16-18,21H,6-8,11-12H2,1-5H3/t16-,17+,18-/m1/s1. The van der Waals surface area contributed by atoms with Gasteiger partial charge in [0, 0.05) is 18.6 Å². The summed E-state index contributed by atoms with van der Waals surface area (Å²) in [7, 11) is 0. The fourth-order valence-electron chi connectivity index (χ4n) is 3.70. The third kappa shape index (κ3) is 4.23. The van der Waals surface area contributed by atoms with E-state index in [-0.39, 0.29) is 0 Å². The maximum Gasteiger partial charge on any atom is 0.125 e. The predicted octanol–water partition coefficient (Wildman–Crippen LogP) is 3.61. The van der Waals surface area contributed by atoms with Crippen molar-refractivity contribution in [2.75, 3.05) is 13.2 Å². The lowest BCUT2D eigenvalue weighted by atomic mass is 9.97. The third-order valence-corrected chi connectivity index (χ3v) is 4.82. The second-order valence-electron chi connectivity index (χ2n) is 7.02. The van der Waals surface area contributed by atoms with Crippen LogP contribution < -0.4 is 4.74 Å². The van der Waals surface area contributed by atoms with E-state index in [9.17, 15) is 5.11 Å². The van der Waals surface area contributed by atoms with Crippen LogP contribution in [-0.4, -0.2) is 41.3 Å². The second-order valence-corrected chi connectivity index (χ2v) is 7.02. The highest BCUT2D eigenvalue weighted by atomic mass is 16.5. The number of rotatable bonds is 5. The molecule has 3 atom stereocenters. The lowest BCUT2D eigenvalue weighted by Gasteiger charge is -2.40. The highest BCUT2D eigenvalue weighted by Gasteiger charge is 2.26. The molecule has 2 rings (SSSR count). The number of aliphatic hydroxyl groups excluding tert-OH is 1. The minimum Gasteiger partial charge on any atom is -0.490 e. The summed E-state index contributed by atoms with van der Waals surface area (Å²) in [4.78, 5) is 2.42. The van der Waals surface area contributed by atoms with Crippen LogP contribution >= 0.6 is 0 Å². The first-order chi connectivity index (χ1) is 10.4. The summed E-state index contributed by atoms with van der Waals surface area (Å²) < 4.78 is 5.92. The SMILES string of the molecule is Cc1cc(C)c(OC[C@H](O)CN2[C@H](C)CCC[C@@H]2C)c(C)c1. The van der Waals surface area contributed by atoms with E-state index in [2.05, 4.69) is 51.7 Å². The summed E-state index contributed by atoms with van der Waals surface area (Å²) in [5.41, 5.74) is 3.53. The molecule has 1 fully saturated rings. The molecule has 0 saturated carbocycles. The van der Waals surface area contributed by atoms with Crippen molar-refractivity contribution in [3.63, 3.8) is 0 Å². The van der Waals surface area contributed by atoms with Crippen LogP contribution in [0.3, 0.4) is 0 Å². The molecule has 0 radical (unpaired) electrons. The van der Waals surface area contributed by atoms with Gasteiger partial charge in [-0.2, -0.15) is 0 Å². The Morgan fingerprint density at radius 1 is 1.14 bits per heavy atom. The summed E-state index contributed by atoms with van der Waals surface area (Å²) in [5, 5.41) is 10.4. The molecule has 1 heterocycles. The molecule has 124 valence electrons. The number of hydrogen-bond donors (Lipinski definition) is 1. The van der Waals surface area contributed by atoms with Crippen molar-refractivity contribution in [3.05, 3.63) is 28.8 Å². The van der Waals surface area contributed by atoms with E-state index in [1.807, 2.05) is 0 Å². The van der Waals surface area contributed by atoms with E-state index < -0.39 is 6.10 Å². The molecule has 0 bridgehead atoms. The average Bonchev–Trinajstić information content (AvgIpc) is 2.42. The Labute approximate surface area is 135 Å². The van der Waals surface area contributed by atoms with Crippen LogP contribution in [0.15, 0.2) is 12.1 Å². The third-order valence-electron chi connectivity index (χ3n) is 4.82. The number of piperidine rings is 1. The van der Waals surface area contributed by atoms with Crippen LogP contribution in [0.25, 0.3) is 0 Å². The molecule has 1 aliphatic heterocycles. The van der Waals surface area contributed by atoms with Gasteiger partial charge in [-0.05, 0) is 58.6 Å². The van der Waals surface area contributed by atoms with E-state index in [1.165, 1.54) is 24.8 Å². The molecular formula is C19H31NO2. The summed E-state index contributed by atoms with van der Waals surface area (Å²) >= 11 is 0. The van der Waals surface area contributed by atoms with Crippen molar-refractivity contribution in [1.82, 2.24) is 4.90 Å². The fraction of sp³-hybridized carbons (Fsp3) is 0.684. The molecule has 22 heavy (non-hydrogen) atoms. The van der Waals surface area contributed by atoms with Gasteiger partial charge in [0.2, 0.25) is 0 Å². The Bertz CT molecular complexity index is 467. The topological polar surface area (TPSA) is 32.7 Å². The Kier molecular flexibility index (Phi) is 5.87. The van der Waals surface area contributed by atoms with Crippen molar-refractivity contribution in [1.29, 1.82) is 0 Å². The van der Waals surface area contributed by atoms with Gasteiger partial charge in [-0.25, -0.2) is 0 Å². The largest absolute Gasteiger partial charge is 0.490 e. The zero-order chi connectivity index (χ0) is 16.3. The minimum absolute atomic E-state index is 0.362. The molecule has 0 spiro atoms. The van der Waals surface area contributed by atoms with Gasteiger partial charge in [0.1, 0.15) is 18.5 Å². The van der Waals surface area contributed by atoms with E-state index in [0.717, 1.165) is 16.9 Å². The number of benzene rings is 1. The zero-order valence-corrected chi connectivity index (χ0v) is 14.7. The van der Waals surface area contributed by atoms with Gasteiger partial charge in [0.15, 0.2) is 0 Å². The van der Waals surface area contributed by atoms with Gasteiger partial charge in [0.25, 0.3) is 0 Å². The van der Waals surface area contributed by atoms with Crippen LogP contribution in [0.5, 0.6) is 5.75 Å². The Morgan fingerprint density at radius 3 is 2.23 bits per heavy atom. The molecule has 1 saturated heterocycles. The zero-order valence-electron chi connectivity index (χ0n) is 14.7. The van der Waals surface area contributed by atoms with E-state index in [0.29, 0.717) is 25.2 Å². The van der Waals surface area contributed by atoms with Crippen molar-refractivity contribution in [2.45, 2.75) is 72.1 Å². The van der Waals surface area contributed by atoms with Gasteiger partial charge in [0.05, 0.1) is 0 Å². The minimum atomic E-state index is -0.442. The van der Waals surface area contributed by atoms with E-state index in [4.69, 9.17) is 4.74 Å². The highest BCUT2D eigenvalue weighted by molar-refractivity contribution is 5.42. The molecule has 0 aromatic heterocycles. The predicted molar refractivity (Wildman–Crippen MR) is 91.6 cm³/mol. The number of likely N-dealkylation sites (tertiary alicyclic amines) is 1. The van der Waals surface area contributed by atoms with Gasteiger partial charge >= 0.3 is 0 Å². The first-order valence-corrected chi connectivity index (χ1v) is 8.53. The number of nitrogens with zero attached hydrogens (tertiary/aromatic N) is 1. The molecule has 1 N–H and O–H groups in total. The van der Waals surface area contributed by atoms with E-state index in [1.54, 1.807) is 0 Å². The summed E-state index contributed by atoms with van der Waals surface area (Å²) in [6.07, 6.45) is 3.32. The van der Waals surface area contributed by atoms with Gasteiger partial charge in [-0.1, -0.05) is 24.1 Å². The van der Waals surface area contributed by atoms with Crippen LogP contribution in [0, 0.1) is 20.8 Å². The monoisotopic (exact) mass is 305 g/mol. The lowest BCUT2D eigenvalue weighted by Crippen LogP contribution is -2.48. The van der Waals surface area contributed by atoms with Crippen molar-refractivity contribution in [3.8, 4) is 5.75 Å². The highest BCUT2D eigenvalue weighted by Crippen LogP contribution is 2.25. The Morgan fingerprint density at radius 2 is 1.68 bits per heavy atom. The second kappa shape index (κ2) is 7.47. The van der Waals surface area contributed by atoms with Gasteiger partial charge < -0.3 is 9.84 Å². The summed E-state index contributed by atoms with van der Waals surface area (Å²) in [6.45, 7) is 11.8. The number of hydrogen-bond acceptors (Lipinski definition) is 3. The maximum absolute atomic E-state index is 10.4. The lowest BCUT2D eigenvalue weighted by molar-refractivity contribution is 0.0206. The number of β-amino-alcohol motifs (C(OH)–C–C–N with tert-alkyl or cyclic N) is 1. The van der Waals surface area contributed by atoms with Crippen molar-refractivity contribution >= 4 is 0 Å². The molecule has 0 unspecified atom stereocenters. The summed E-state index contributed by atoms with van der Waals surface area (Å²) in [5.74, 6) is 0.921.